The number of aliphatic carboxylic acids is 1. The van der Waals surface area contributed by atoms with E-state index >= 15 is 0 Å². The van der Waals surface area contributed by atoms with Gasteiger partial charge in [0.2, 0.25) is 5.91 Å². The number of likely N-dealkylation sites (tertiary alicyclic amines) is 1. The van der Waals surface area contributed by atoms with Crippen LogP contribution in [0.5, 0.6) is 0 Å². The summed E-state index contributed by atoms with van der Waals surface area (Å²) < 4.78 is 0. The van der Waals surface area contributed by atoms with Crippen molar-refractivity contribution < 1.29 is 14.7 Å². The van der Waals surface area contributed by atoms with E-state index in [0.717, 1.165) is 45.2 Å². The lowest BCUT2D eigenvalue weighted by Gasteiger charge is -2.32. The second-order valence-electron chi connectivity index (χ2n) is 6.46. The topological polar surface area (TPSA) is 57.6 Å². The van der Waals surface area contributed by atoms with Gasteiger partial charge in [-0.1, -0.05) is 12.8 Å². The van der Waals surface area contributed by atoms with E-state index < -0.39 is 11.9 Å². The van der Waals surface area contributed by atoms with Gasteiger partial charge < -0.3 is 10.0 Å². The maximum absolute atomic E-state index is 12.7. The van der Waals surface area contributed by atoms with Crippen LogP contribution >= 0.6 is 0 Å². The molecule has 4 atom stereocenters. The fourth-order valence-electron chi connectivity index (χ4n) is 4.50. The van der Waals surface area contributed by atoms with E-state index in [1.807, 2.05) is 4.90 Å². The Morgan fingerprint density at radius 1 is 0.895 bits per heavy atom. The van der Waals surface area contributed by atoms with Crippen molar-refractivity contribution in [3.05, 3.63) is 0 Å². The third-order valence-corrected chi connectivity index (χ3v) is 5.40. The van der Waals surface area contributed by atoms with Crippen LogP contribution in [-0.4, -0.2) is 35.0 Å². The zero-order valence-corrected chi connectivity index (χ0v) is 11.4. The maximum Gasteiger partial charge on any atom is 0.307 e. The van der Waals surface area contributed by atoms with Gasteiger partial charge in [0.25, 0.3) is 0 Å². The smallest absolute Gasteiger partial charge is 0.307 e. The van der Waals surface area contributed by atoms with Gasteiger partial charge in [-0.05, 0) is 43.9 Å². The molecular formula is C15H23NO3. The number of hydrogen-bond acceptors (Lipinski definition) is 2. The number of carboxylic acid groups (broad SMARTS) is 1. The molecule has 3 rings (SSSR count). The standard InChI is InChI=1S/C15H23NO3/c17-14(16-7-3-1-2-4-8-16)12-10-5-6-11(9-10)13(12)15(18)19/h10-13H,1-9H2,(H,18,19)/t10-,11-,12+,13+/m0/s1. The molecule has 3 aliphatic rings. The molecule has 1 saturated heterocycles. The molecule has 3 fully saturated rings. The van der Waals surface area contributed by atoms with Gasteiger partial charge >= 0.3 is 5.97 Å². The van der Waals surface area contributed by atoms with Gasteiger partial charge in [0.05, 0.1) is 11.8 Å². The average molecular weight is 265 g/mol. The summed E-state index contributed by atoms with van der Waals surface area (Å²) in [7, 11) is 0. The predicted molar refractivity (Wildman–Crippen MR) is 70.5 cm³/mol. The molecule has 4 nitrogen and oxygen atoms in total. The lowest BCUT2D eigenvalue weighted by molar-refractivity contribution is -0.152. The van der Waals surface area contributed by atoms with E-state index in [4.69, 9.17) is 0 Å². The van der Waals surface area contributed by atoms with Crippen LogP contribution in [0.3, 0.4) is 0 Å². The van der Waals surface area contributed by atoms with Crippen molar-refractivity contribution >= 4 is 11.9 Å². The predicted octanol–water partition coefficient (Wildman–Crippen LogP) is 2.14. The first-order chi connectivity index (χ1) is 9.18. The molecule has 0 spiro atoms. The Bertz CT molecular complexity index is 374. The number of carbonyl (C=O) groups is 2. The van der Waals surface area contributed by atoms with Crippen molar-refractivity contribution in [2.45, 2.75) is 44.9 Å². The van der Waals surface area contributed by atoms with E-state index in [2.05, 4.69) is 0 Å². The molecule has 1 amide bonds. The van der Waals surface area contributed by atoms with Crippen LogP contribution in [0.1, 0.15) is 44.9 Å². The van der Waals surface area contributed by atoms with Crippen LogP contribution in [0.2, 0.25) is 0 Å². The summed E-state index contributed by atoms with van der Waals surface area (Å²) in [5.74, 6) is -0.656. The Balaban J connectivity index is 1.76. The number of carbonyl (C=O) groups excluding carboxylic acids is 1. The molecule has 0 aromatic heterocycles. The summed E-state index contributed by atoms with van der Waals surface area (Å²) >= 11 is 0. The quantitative estimate of drug-likeness (QED) is 0.832. The van der Waals surface area contributed by atoms with Crippen LogP contribution in [0, 0.1) is 23.7 Å². The SMILES string of the molecule is O=C(O)[C@@H]1[C@H]2CC[C@@H](C2)[C@H]1C(=O)N1CCCCCC1. The van der Waals surface area contributed by atoms with Gasteiger partial charge in [0, 0.05) is 13.1 Å². The van der Waals surface area contributed by atoms with Crippen molar-refractivity contribution in [1.29, 1.82) is 0 Å². The number of fused-ring (bicyclic) bond motifs is 2. The molecule has 1 aliphatic heterocycles. The van der Waals surface area contributed by atoms with Crippen LogP contribution in [0.15, 0.2) is 0 Å². The molecule has 0 radical (unpaired) electrons. The molecule has 0 aromatic carbocycles. The molecule has 0 aromatic rings. The number of carboxylic acids is 1. The van der Waals surface area contributed by atoms with Gasteiger partial charge in [-0.25, -0.2) is 0 Å². The zero-order valence-electron chi connectivity index (χ0n) is 11.4. The van der Waals surface area contributed by atoms with Gasteiger partial charge in [0.15, 0.2) is 0 Å². The van der Waals surface area contributed by atoms with Gasteiger partial charge in [0.1, 0.15) is 0 Å². The van der Waals surface area contributed by atoms with E-state index in [9.17, 15) is 14.7 Å². The van der Waals surface area contributed by atoms with Crippen LogP contribution in [0.25, 0.3) is 0 Å². The highest BCUT2D eigenvalue weighted by Crippen LogP contribution is 2.53. The second-order valence-corrected chi connectivity index (χ2v) is 6.46. The van der Waals surface area contributed by atoms with Crippen LogP contribution in [0.4, 0.5) is 0 Å². The highest BCUT2D eigenvalue weighted by atomic mass is 16.4. The summed E-state index contributed by atoms with van der Waals surface area (Å²) in [4.78, 5) is 26.2. The molecule has 2 bridgehead atoms. The Morgan fingerprint density at radius 2 is 1.47 bits per heavy atom. The van der Waals surface area contributed by atoms with Crippen molar-refractivity contribution in [2.75, 3.05) is 13.1 Å². The van der Waals surface area contributed by atoms with Gasteiger partial charge in [-0.15, -0.1) is 0 Å². The molecule has 4 heteroatoms. The second kappa shape index (κ2) is 5.14. The minimum atomic E-state index is -0.750. The summed E-state index contributed by atoms with van der Waals surface area (Å²) in [5, 5.41) is 9.44. The number of amides is 1. The van der Waals surface area contributed by atoms with Gasteiger partial charge in [-0.3, -0.25) is 9.59 Å². The summed E-state index contributed by atoms with van der Waals surface area (Å²) in [6.45, 7) is 1.66. The lowest BCUT2D eigenvalue weighted by Crippen LogP contribution is -2.44. The van der Waals surface area contributed by atoms with Crippen LogP contribution in [-0.2, 0) is 9.59 Å². The fourth-order valence-corrected chi connectivity index (χ4v) is 4.50. The molecular weight excluding hydrogens is 242 g/mol. The van der Waals surface area contributed by atoms with Crippen molar-refractivity contribution in [2.24, 2.45) is 23.7 Å². The van der Waals surface area contributed by atoms with E-state index in [0.29, 0.717) is 5.92 Å². The molecule has 1 N–H and O–H groups in total. The normalized spacial score (nSPS) is 38.2. The minimum absolute atomic E-state index is 0.140. The molecule has 106 valence electrons. The van der Waals surface area contributed by atoms with E-state index in [1.165, 1.54) is 12.8 Å². The Morgan fingerprint density at radius 3 is 2.05 bits per heavy atom. The Labute approximate surface area is 114 Å². The molecule has 2 saturated carbocycles. The van der Waals surface area contributed by atoms with Crippen LogP contribution < -0.4 is 0 Å². The minimum Gasteiger partial charge on any atom is -0.481 e. The van der Waals surface area contributed by atoms with E-state index in [-0.39, 0.29) is 17.7 Å². The highest BCUT2D eigenvalue weighted by molar-refractivity contribution is 5.86. The Kier molecular flexibility index (Phi) is 3.50. The molecule has 0 unspecified atom stereocenters. The van der Waals surface area contributed by atoms with E-state index in [1.54, 1.807) is 0 Å². The number of hydrogen-bond donors (Lipinski definition) is 1. The molecule has 1 heterocycles. The third kappa shape index (κ3) is 2.26. The highest BCUT2D eigenvalue weighted by Gasteiger charge is 2.54. The largest absolute Gasteiger partial charge is 0.481 e. The maximum atomic E-state index is 12.7. The summed E-state index contributed by atoms with van der Waals surface area (Å²) in [6.07, 6.45) is 7.56. The molecule has 2 aliphatic carbocycles. The first-order valence-corrected chi connectivity index (χ1v) is 7.70. The monoisotopic (exact) mass is 265 g/mol. The van der Waals surface area contributed by atoms with Crippen molar-refractivity contribution in [3.8, 4) is 0 Å². The number of nitrogens with zero attached hydrogens (tertiary/aromatic N) is 1. The first kappa shape index (κ1) is 12.9. The molecule has 19 heavy (non-hydrogen) atoms. The fraction of sp³-hybridized carbons (Fsp3) is 0.867. The average Bonchev–Trinajstić information content (AvgIpc) is 2.89. The Hall–Kier alpha value is -1.06. The van der Waals surface area contributed by atoms with Crippen molar-refractivity contribution in [3.63, 3.8) is 0 Å². The lowest BCUT2D eigenvalue weighted by atomic mass is 9.78. The summed E-state index contributed by atoms with van der Waals surface area (Å²) in [5.41, 5.74) is 0. The van der Waals surface area contributed by atoms with Gasteiger partial charge in [-0.2, -0.15) is 0 Å². The summed E-state index contributed by atoms with van der Waals surface area (Å²) in [6, 6.07) is 0. The number of rotatable bonds is 2. The third-order valence-electron chi connectivity index (χ3n) is 5.40. The van der Waals surface area contributed by atoms with Crippen molar-refractivity contribution in [1.82, 2.24) is 4.90 Å². The zero-order chi connectivity index (χ0) is 13.4. The first-order valence-electron chi connectivity index (χ1n) is 7.70.